The molecule has 1 N–H and O–H groups in total. The molecule has 3 heteroatoms. The fraction of sp³-hybridized carbons (Fsp3) is 0.533. The topological polar surface area (TPSA) is 47.3 Å². The first kappa shape index (κ1) is 13.1. The first-order chi connectivity index (χ1) is 8.70. The lowest BCUT2D eigenvalue weighted by atomic mass is 9.97. The zero-order valence-electron chi connectivity index (χ0n) is 10.8. The van der Waals surface area contributed by atoms with Crippen LogP contribution in [0.4, 0.5) is 0 Å². The monoisotopic (exact) mass is 244 g/mol. The minimum Gasteiger partial charge on any atom is -0.392 e. The SMILES string of the molecule is C[C@@H](O)[C@@H]1CCCCN1Cc1ccc(C#N)cc1. The summed E-state index contributed by atoms with van der Waals surface area (Å²) in [5, 5.41) is 18.6. The third-order valence-electron chi connectivity index (χ3n) is 3.69. The van der Waals surface area contributed by atoms with Gasteiger partial charge in [0, 0.05) is 12.6 Å². The fourth-order valence-corrected chi connectivity index (χ4v) is 2.68. The molecule has 3 nitrogen and oxygen atoms in total. The van der Waals surface area contributed by atoms with E-state index in [1.165, 1.54) is 18.4 Å². The minimum absolute atomic E-state index is 0.273. The van der Waals surface area contributed by atoms with Gasteiger partial charge in [-0.05, 0) is 44.0 Å². The van der Waals surface area contributed by atoms with Gasteiger partial charge in [0.2, 0.25) is 0 Å². The number of piperidine rings is 1. The summed E-state index contributed by atoms with van der Waals surface area (Å²) in [5.41, 5.74) is 1.91. The summed E-state index contributed by atoms with van der Waals surface area (Å²) in [7, 11) is 0. The maximum Gasteiger partial charge on any atom is 0.0991 e. The molecule has 0 aromatic heterocycles. The third-order valence-corrected chi connectivity index (χ3v) is 3.69. The lowest BCUT2D eigenvalue weighted by Gasteiger charge is -2.37. The van der Waals surface area contributed by atoms with E-state index in [2.05, 4.69) is 11.0 Å². The van der Waals surface area contributed by atoms with Crippen molar-refractivity contribution in [3.05, 3.63) is 35.4 Å². The van der Waals surface area contributed by atoms with Crippen molar-refractivity contribution in [2.24, 2.45) is 0 Å². The van der Waals surface area contributed by atoms with Gasteiger partial charge in [0.05, 0.1) is 17.7 Å². The second-order valence-corrected chi connectivity index (χ2v) is 5.08. The first-order valence-corrected chi connectivity index (χ1v) is 6.62. The van der Waals surface area contributed by atoms with Crippen molar-refractivity contribution in [2.45, 2.75) is 44.9 Å². The highest BCUT2D eigenvalue weighted by Gasteiger charge is 2.25. The molecule has 1 heterocycles. The Kier molecular flexibility index (Phi) is 4.35. The average Bonchev–Trinajstić information content (AvgIpc) is 2.40. The van der Waals surface area contributed by atoms with Crippen molar-refractivity contribution in [3.63, 3.8) is 0 Å². The highest BCUT2D eigenvalue weighted by molar-refractivity contribution is 5.31. The van der Waals surface area contributed by atoms with Gasteiger partial charge in [-0.25, -0.2) is 0 Å². The molecule has 1 aliphatic rings. The van der Waals surface area contributed by atoms with Crippen LogP contribution >= 0.6 is 0 Å². The predicted molar refractivity (Wildman–Crippen MR) is 70.9 cm³/mol. The van der Waals surface area contributed by atoms with Gasteiger partial charge in [0.25, 0.3) is 0 Å². The molecule has 0 amide bonds. The van der Waals surface area contributed by atoms with Gasteiger partial charge in [-0.2, -0.15) is 5.26 Å². The van der Waals surface area contributed by atoms with Gasteiger partial charge in [-0.15, -0.1) is 0 Å². The summed E-state index contributed by atoms with van der Waals surface area (Å²) in [4.78, 5) is 2.36. The van der Waals surface area contributed by atoms with Gasteiger partial charge in [0.15, 0.2) is 0 Å². The maximum absolute atomic E-state index is 9.82. The van der Waals surface area contributed by atoms with Crippen molar-refractivity contribution in [3.8, 4) is 6.07 Å². The Bertz CT molecular complexity index is 419. The quantitative estimate of drug-likeness (QED) is 0.887. The zero-order chi connectivity index (χ0) is 13.0. The van der Waals surface area contributed by atoms with Crippen molar-refractivity contribution < 1.29 is 5.11 Å². The Morgan fingerprint density at radius 2 is 2.11 bits per heavy atom. The second kappa shape index (κ2) is 5.99. The van der Waals surface area contributed by atoms with Crippen molar-refractivity contribution in [1.29, 1.82) is 5.26 Å². The number of benzene rings is 1. The number of hydrogen-bond acceptors (Lipinski definition) is 3. The normalized spacial score (nSPS) is 22.4. The van der Waals surface area contributed by atoms with Gasteiger partial charge in [-0.1, -0.05) is 18.6 Å². The van der Waals surface area contributed by atoms with E-state index in [0.717, 1.165) is 19.5 Å². The Morgan fingerprint density at radius 3 is 2.72 bits per heavy atom. The number of hydrogen-bond donors (Lipinski definition) is 1. The van der Waals surface area contributed by atoms with Gasteiger partial charge >= 0.3 is 0 Å². The molecule has 0 unspecified atom stereocenters. The minimum atomic E-state index is -0.274. The standard InChI is InChI=1S/C15H20N2O/c1-12(18)15-4-2-3-9-17(15)11-14-7-5-13(10-16)6-8-14/h5-8,12,15,18H,2-4,9,11H2,1H3/t12-,15+/m1/s1. The highest BCUT2D eigenvalue weighted by Crippen LogP contribution is 2.22. The van der Waals surface area contributed by atoms with Gasteiger partial charge in [-0.3, -0.25) is 4.90 Å². The fourth-order valence-electron chi connectivity index (χ4n) is 2.68. The Balaban J connectivity index is 2.04. The lowest BCUT2D eigenvalue weighted by Crippen LogP contribution is -2.45. The average molecular weight is 244 g/mol. The van der Waals surface area contributed by atoms with Crippen LogP contribution in [0, 0.1) is 11.3 Å². The van der Waals surface area contributed by atoms with E-state index < -0.39 is 0 Å². The molecule has 96 valence electrons. The summed E-state index contributed by atoms with van der Waals surface area (Å²) in [6.45, 7) is 3.79. The number of aliphatic hydroxyl groups is 1. The molecule has 2 atom stereocenters. The van der Waals surface area contributed by atoms with Crippen molar-refractivity contribution in [1.82, 2.24) is 4.90 Å². The van der Waals surface area contributed by atoms with Crippen LogP contribution in [-0.2, 0) is 6.54 Å². The van der Waals surface area contributed by atoms with Crippen molar-refractivity contribution in [2.75, 3.05) is 6.54 Å². The Hall–Kier alpha value is -1.37. The molecule has 0 spiro atoms. The van der Waals surface area contributed by atoms with Crippen LogP contribution in [0.2, 0.25) is 0 Å². The van der Waals surface area contributed by atoms with Crippen LogP contribution < -0.4 is 0 Å². The zero-order valence-corrected chi connectivity index (χ0v) is 10.8. The summed E-state index contributed by atoms with van der Waals surface area (Å²) in [6.07, 6.45) is 3.22. The van der Waals surface area contributed by atoms with Crippen LogP contribution in [0.5, 0.6) is 0 Å². The molecule has 0 aliphatic carbocycles. The highest BCUT2D eigenvalue weighted by atomic mass is 16.3. The first-order valence-electron chi connectivity index (χ1n) is 6.62. The maximum atomic E-state index is 9.82. The van der Waals surface area contributed by atoms with E-state index in [1.54, 1.807) is 0 Å². The molecular weight excluding hydrogens is 224 g/mol. The van der Waals surface area contributed by atoms with E-state index in [9.17, 15) is 5.11 Å². The molecule has 1 aliphatic heterocycles. The Morgan fingerprint density at radius 1 is 1.39 bits per heavy atom. The van der Waals surface area contributed by atoms with E-state index in [0.29, 0.717) is 5.56 Å². The molecule has 1 aromatic carbocycles. The third kappa shape index (κ3) is 3.10. The van der Waals surface area contributed by atoms with E-state index in [1.807, 2.05) is 31.2 Å². The molecule has 18 heavy (non-hydrogen) atoms. The van der Waals surface area contributed by atoms with Crippen LogP contribution in [-0.4, -0.2) is 28.7 Å². The number of nitrogens with zero attached hydrogens (tertiary/aromatic N) is 2. The molecular formula is C15H20N2O. The number of aliphatic hydroxyl groups excluding tert-OH is 1. The molecule has 1 aromatic rings. The lowest BCUT2D eigenvalue weighted by molar-refractivity contribution is 0.0317. The molecule has 0 saturated carbocycles. The molecule has 2 rings (SSSR count). The number of rotatable bonds is 3. The van der Waals surface area contributed by atoms with Crippen LogP contribution in [0.15, 0.2) is 24.3 Å². The van der Waals surface area contributed by atoms with Crippen LogP contribution in [0.1, 0.15) is 37.3 Å². The Labute approximate surface area is 109 Å². The summed E-state index contributed by atoms with van der Waals surface area (Å²) < 4.78 is 0. The van der Waals surface area contributed by atoms with Crippen molar-refractivity contribution >= 4 is 0 Å². The molecule has 0 radical (unpaired) electrons. The predicted octanol–water partition coefficient (Wildman–Crippen LogP) is 2.29. The molecule has 0 bridgehead atoms. The van der Waals surface area contributed by atoms with E-state index >= 15 is 0 Å². The molecule has 1 saturated heterocycles. The summed E-state index contributed by atoms with van der Waals surface area (Å²) in [5.74, 6) is 0. The van der Waals surface area contributed by atoms with Crippen LogP contribution in [0.25, 0.3) is 0 Å². The number of likely N-dealkylation sites (tertiary alicyclic amines) is 1. The van der Waals surface area contributed by atoms with E-state index in [4.69, 9.17) is 5.26 Å². The number of nitriles is 1. The van der Waals surface area contributed by atoms with Crippen LogP contribution in [0.3, 0.4) is 0 Å². The van der Waals surface area contributed by atoms with E-state index in [-0.39, 0.29) is 12.1 Å². The molecule has 1 fully saturated rings. The second-order valence-electron chi connectivity index (χ2n) is 5.08. The summed E-state index contributed by atoms with van der Waals surface area (Å²) in [6, 6.07) is 10.1. The van der Waals surface area contributed by atoms with Gasteiger partial charge < -0.3 is 5.11 Å². The van der Waals surface area contributed by atoms with Gasteiger partial charge in [0.1, 0.15) is 0 Å². The largest absolute Gasteiger partial charge is 0.392 e. The summed E-state index contributed by atoms with van der Waals surface area (Å²) >= 11 is 0. The smallest absolute Gasteiger partial charge is 0.0991 e.